The van der Waals surface area contributed by atoms with Gasteiger partial charge in [-0.2, -0.15) is 11.8 Å². The summed E-state index contributed by atoms with van der Waals surface area (Å²) in [5.74, 6) is 4.62. The first-order valence-corrected chi connectivity index (χ1v) is 24.2. The Morgan fingerprint density at radius 2 is 1.79 bits per heavy atom. The number of hydrogen-bond acceptors (Lipinski definition) is 7. The lowest BCUT2D eigenvalue weighted by Crippen LogP contribution is -2.54. The van der Waals surface area contributed by atoms with Gasteiger partial charge in [-0.1, -0.05) is 51.2 Å². The molecule has 4 N–H and O–H groups in total. The molecule has 57 heavy (non-hydrogen) atoms. The topological polar surface area (TPSA) is 129 Å². The number of nitrogens with one attached hydrogen (secondary N) is 4. The number of rotatable bonds is 18. The number of unbranched alkanes of at least 4 members (excludes halogenated alkanes) is 3. The van der Waals surface area contributed by atoms with Crippen LogP contribution in [0.15, 0.2) is 22.8 Å². The number of ether oxygens (including phenoxy) is 1. The Hall–Kier alpha value is -2.37. The Bertz CT molecular complexity index is 1530. The minimum atomic E-state index is -0.176. The van der Waals surface area contributed by atoms with E-state index in [1.54, 1.807) is 11.1 Å². The number of carbonyl (C=O) groups excluding carboxylic acids is 4. The maximum Gasteiger partial charge on any atom is 0.315 e. The summed E-state index contributed by atoms with van der Waals surface area (Å²) in [4.78, 5) is 51.5. The Labute approximate surface area is 347 Å². The summed E-state index contributed by atoms with van der Waals surface area (Å²) < 4.78 is 7.31. The molecule has 4 heterocycles. The van der Waals surface area contributed by atoms with Gasteiger partial charge in [0.15, 0.2) is 5.78 Å². The van der Waals surface area contributed by atoms with Crippen molar-refractivity contribution in [2.24, 2.45) is 29.6 Å². The lowest BCUT2D eigenvalue weighted by atomic mass is 9.67. The van der Waals surface area contributed by atoms with Gasteiger partial charge in [-0.25, -0.2) is 4.79 Å². The number of fused-ring (bicyclic) bond motifs is 3. The molecule has 0 aromatic rings. The smallest absolute Gasteiger partial charge is 0.315 e. The van der Waals surface area contributed by atoms with E-state index >= 15 is 0 Å². The van der Waals surface area contributed by atoms with Crippen LogP contribution in [0.3, 0.4) is 0 Å². The van der Waals surface area contributed by atoms with Crippen LogP contribution in [0.4, 0.5) is 4.79 Å². The van der Waals surface area contributed by atoms with Crippen molar-refractivity contribution in [1.29, 1.82) is 0 Å². The summed E-state index contributed by atoms with van der Waals surface area (Å²) in [6.07, 6.45) is 19.9. The number of urea groups is 1. The summed E-state index contributed by atoms with van der Waals surface area (Å²) in [7, 11) is 0. The zero-order chi connectivity index (χ0) is 40.1. The van der Waals surface area contributed by atoms with Crippen LogP contribution in [0.2, 0.25) is 0 Å². The van der Waals surface area contributed by atoms with E-state index in [0.717, 1.165) is 102 Å². The molecule has 0 bridgehead atoms. The summed E-state index contributed by atoms with van der Waals surface area (Å²) in [6, 6.07) is 0.810. The molecule has 7 aliphatic rings. The average Bonchev–Trinajstić information content (AvgIpc) is 3.92. The first-order chi connectivity index (χ1) is 27.6. The first-order valence-electron chi connectivity index (χ1n) is 23.1. The molecule has 318 valence electrons. The molecule has 7 rings (SSSR count). The average molecular weight is 808 g/mol. The van der Waals surface area contributed by atoms with Crippen molar-refractivity contribution in [1.82, 2.24) is 26.2 Å². The molecule has 11 heteroatoms. The zero-order valence-electron chi connectivity index (χ0n) is 35.5. The van der Waals surface area contributed by atoms with Gasteiger partial charge in [0, 0.05) is 68.4 Å². The van der Waals surface area contributed by atoms with Crippen molar-refractivity contribution >= 4 is 35.4 Å². The van der Waals surface area contributed by atoms with Crippen molar-refractivity contribution in [3.05, 3.63) is 22.8 Å². The fourth-order valence-corrected chi connectivity index (χ4v) is 14.0. The molecule has 1 saturated carbocycles. The Balaban J connectivity index is 0.803. The van der Waals surface area contributed by atoms with Crippen molar-refractivity contribution in [2.45, 2.75) is 178 Å². The van der Waals surface area contributed by atoms with Gasteiger partial charge in [0.05, 0.1) is 23.8 Å². The van der Waals surface area contributed by atoms with Gasteiger partial charge in [0.2, 0.25) is 11.8 Å². The molecule has 11 atom stereocenters. The van der Waals surface area contributed by atoms with Crippen LogP contribution < -0.4 is 21.3 Å². The second-order valence-electron chi connectivity index (χ2n) is 19.0. The van der Waals surface area contributed by atoms with Gasteiger partial charge < -0.3 is 26.0 Å². The normalized spacial score (nSPS) is 36.1. The van der Waals surface area contributed by atoms with Crippen LogP contribution >= 0.6 is 11.8 Å². The monoisotopic (exact) mass is 808 g/mol. The van der Waals surface area contributed by atoms with E-state index in [1.165, 1.54) is 31.3 Å². The second kappa shape index (κ2) is 19.3. The molecule has 1 spiro atoms. The van der Waals surface area contributed by atoms with Crippen molar-refractivity contribution in [3.8, 4) is 0 Å². The molecule has 1 unspecified atom stereocenters. The summed E-state index contributed by atoms with van der Waals surface area (Å²) in [5.41, 5.74) is 4.46. The molecule has 0 aromatic carbocycles. The van der Waals surface area contributed by atoms with Gasteiger partial charge in [0.25, 0.3) is 0 Å². The highest BCUT2D eigenvalue weighted by Crippen LogP contribution is 2.59. The Morgan fingerprint density at radius 1 is 1.00 bits per heavy atom. The fraction of sp³-hybridized carbons (Fsp3) is 0.826. The summed E-state index contributed by atoms with van der Waals surface area (Å²) in [5, 5.41) is 12.7. The molecule has 0 aromatic heterocycles. The highest BCUT2D eigenvalue weighted by Gasteiger charge is 2.59. The van der Waals surface area contributed by atoms with Crippen LogP contribution in [0.25, 0.3) is 0 Å². The van der Waals surface area contributed by atoms with Crippen LogP contribution in [-0.2, 0) is 19.1 Å². The number of hydrogen-bond donors (Lipinski definition) is 4. The molecule has 4 aliphatic heterocycles. The molecule has 5 fully saturated rings. The van der Waals surface area contributed by atoms with Crippen molar-refractivity contribution < 1.29 is 23.9 Å². The molecule has 0 radical (unpaired) electrons. The highest BCUT2D eigenvalue weighted by molar-refractivity contribution is 8.00. The molecule has 3 aliphatic carbocycles. The van der Waals surface area contributed by atoms with Gasteiger partial charge in [-0.3, -0.25) is 19.3 Å². The standard InChI is InChI=1S/C46H73N5O5S/c1-5-33-26-37-30(3)46(20-19-36(37)35(33)18-17-32-12-11-13-34(52)25-32)31(4)44-39(56-46)24-29(2)27-51(44)23-22-48-42(54)15-7-6-10-21-47-41(53)16-9-8-14-40-43-38(28-57-40)49-45(55)50-43/h25,29,31,33,35-36,38-40,43-44H,5-24,26-28H2,1-4H3,(H,47,53)(H,48,54)(H2,49,50,55)/t29-,31+,33-,35+,36-,38-,39+,40?,43-,44-,46-/m0/s1. The third kappa shape index (κ3) is 9.82. The van der Waals surface area contributed by atoms with E-state index in [1.807, 2.05) is 17.8 Å². The predicted molar refractivity (Wildman–Crippen MR) is 228 cm³/mol. The number of allylic oxidation sites excluding steroid dienone is 3. The molecule has 4 saturated heterocycles. The highest BCUT2D eigenvalue weighted by atomic mass is 32.2. The van der Waals surface area contributed by atoms with E-state index in [2.05, 4.69) is 53.9 Å². The lowest BCUT2D eigenvalue weighted by Gasteiger charge is -2.44. The van der Waals surface area contributed by atoms with Crippen molar-refractivity contribution in [2.75, 3.05) is 31.9 Å². The SMILES string of the molecule is CC[C@H]1CC2=C(C)[C@]3(CC[C@H]2[C@@H]1CCC1=CC(=O)CCC1)O[C@@H]1C[C@H](C)CN(CCNC(=O)CCCCCNC(=O)CCCCC2SC[C@@H]4NC(=O)N[C@H]24)[C@H]1[C@H]3C. The van der Waals surface area contributed by atoms with E-state index in [0.29, 0.717) is 66.7 Å². The first kappa shape index (κ1) is 42.7. The van der Waals surface area contributed by atoms with Crippen LogP contribution in [0, 0.1) is 29.6 Å². The number of ketones is 1. The van der Waals surface area contributed by atoms with E-state index in [4.69, 9.17) is 4.74 Å². The van der Waals surface area contributed by atoms with Gasteiger partial charge in [-0.15, -0.1) is 0 Å². The third-order valence-corrected chi connectivity index (χ3v) is 16.9. The van der Waals surface area contributed by atoms with Crippen LogP contribution in [0.1, 0.15) is 143 Å². The lowest BCUT2D eigenvalue weighted by molar-refractivity contribution is -0.122. The number of likely N-dealkylation sites (tertiary alicyclic amines) is 1. The maximum atomic E-state index is 12.8. The summed E-state index contributed by atoms with van der Waals surface area (Å²) >= 11 is 1.92. The third-order valence-electron chi connectivity index (χ3n) is 15.4. The zero-order valence-corrected chi connectivity index (χ0v) is 36.3. The van der Waals surface area contributed by atoms with Crippen molar-refractivity contribution in [3.63, 3.8) is 0 Å². The molecular formula is C46H73N5O5S. The second-order valence-corrected chi connectivity index (χ2v) is 20.3. The predicted octanol–water partition coefficient (Wildman–Crippen LogP) is 7.22. The fourth-order valence-electron chi connectivity index (χ4n) is 12.5. The van der Waals surface area contributed by atoms with E-state index < -0.39 is 0 Å². The van der Waals surface area contributed by atoms with Gasteiger partial charge in [-0.05, 0) is 119 Å². The quantitative estimate of drug-likeness (QED) is 0.0655. The Kier molecular flexibility index (Phi) is 14.5. The Morgan fingerprint density at radius 3 is 2.58 bits per heavy atom. The van der Waals surface area contributed by atoms with E-state index in [9.17, 15) is 19.2 Å². The van der Waals surface area contributed by atoms with Crippen LogP contribution in [0.5, 0.6) is 0 Å². The minimum Gasteiger partial charge on any atom is -0.365 e. The number of amides is 4. The number of piperidine rings is 1. The molecule has 10 nitrogen and oxygen atoms in total. The maximum absolute atomic E-state index is 12.8. The number of nitrogens with zero attached hydrogens (tertiary/aromatic N) is 1. The minimum absolute atomic E-state index is 0.0484. The molecular weight excluding hydrogens is 735 g/mol. The molecule has 4 amide bonds. The number of carbonyl (C=O) groups is 4. The summed E-state index contributed by atoms with van der Waals surface area (Å²) in [6.45, 7) is 12.8. The largest absolute Gasteiger partial charge is 0.365 e. The van der Waals surface area contributed by atoms with Gasteiger partial charge in [0.1, 0.15) is 0 Å². The number of thioether (sulfide) groups is 1. The van der Waals surface area contributed by atoms with Crippen LogP contribution in [-0.4, -0.2) is 95.5 Å². The van der Waals surface area contributed by atoms with Gasteiger partial charge >= 0.3 is 6.03 Å². The van der Waals surface area contributed by atoms with E-state index in [-0.39, 0.29) is 41.6 Å².